The van der Waals surface area contributed by atoms with E-state index in [2.05, 4.69) is 66.1 Å². The minimum atomic E-state index is 0.131. The number of carbonyl (C=O) groups is 1. The Balaban J connectivity index is 0.000000200. The molecule has 2 aromatic heterocycles. The topological polar surface area (TPSA) is 47.8 Å². The molecule has 0 spiro atoms. The summed E-state index contributed by atoms with van der Waals surface area (Å²) in [6.45, 7) is 8.23. The van der Waals surface area contributed by atoms with Gasteiger partial charge >= 0.3 is 0 Å². The minimum absolute atomic E-state index is 0.131. The first-order valence-corrected chi connectivity index (χ1v) is 10.9. The van der Waals surface area contributed by atoms with E-state index >= 15 is 0 Å². The third kappa shape index (κ3) is 5.42. The molecule has 0 fully saturated rings. The average Bonchev–Trinajstić information content (AvgIpc) is 3.30. The predicted octanol–water partition coefficient (Wildman–Crippen LogP) is 4.82. The highest BCUT2D eigenvalue weighted by molar-refractivity contribution is 7.11. The number of fused-ring (bicyclic) bond motifs is 1. The Hall–Kier alpha value is -2.71. The van der Waals surface area contributed by atoms with Gasteiger partial charge in [0.25, 0.3) is 0 Å². The van der Waals surface area contributed by atoms with Gasteiger partial charge in [0.2, 0.25) is 0 Å². The van der Waals surface area contributed by atoms with Crippen LogP contribution in [0.4, 0.5) is 0 Å². The molecular weight excluding hydrogens is 378 g/mol. The van der Waals surface area contributed by atoms with Crippen LogP contribution in [0.1, 0.15) is 47.6 Å². The standard InChI is InChI=1S/C16H20N2O.C8H7NS/c1-4-13-7-6-8-14(9-13)16-10-15(5-2)18(17-16)11-12(3)19;1-6-9-7-4-2-3-5-8(7)10-6/h6-10H,4-5,11H2,1-3H3;4-5H2,1H3. The first-order chi connectivity index (χ1) is 14.0. The second-order valence-electron chi connectivity index (χ2n) is 7.10. The highest BCUT2D eigenvalue weighted by Gasteiger charge is 2.10. The molecule has 29 heavy (non-hydrogen) atoms. The second kappa shape index (κ2) is 9.67. The van der Waals surface area contributed by atoms with Crippen LogP contribution in [0.2, 0.25) is 0 Å². The fraction of sp³-hybridized carbons (Fsp3) is 0.375. The monoisotopic (exact) mass is 405 g/mol. The molecule has 4 nitrogen and oxygen atoms in total. The van der Waals surface area contributed by atoms with Gasteiger partial charge in [-0.1, -0.05) is 43.9 Å². The lowest BCUT2D eigenvalue weighted by Gasteiger charge is -2.02. The molecule has 150 valence electrons. The predicted molar refractivity (Wildman–Crippen MR) is 119 cm³/mol. The Morgan fingerprint density at radius 1 is 1.17 bits per heavy atom. The van der Waals surface area contributed by atoms with E-state index in [4.69, 9.17) is 0 Å². The summed E-state index contributed by atoms with van der Waals surface area (Å²) in [5, 5.41) is 5.73. The van der Waals surface area contributed by atoms with Crippen LogP contribution >= 0.6 is 11.3 Å². The first-order valence-electron chi connectivity index (χ1n) is 10.1. The van der Waals surface area contributed by atoms with E-state index in [-0.39, 0.29) is 5.78 Å². The van der Waals surface area contributed by atoms with Crippen LogP contribution in [0.3, 0.4) is 0 Å². The van der Waals surface area contributed by atoms with E-state index < -0.39 is 0 Å². The molecule has 0 amide bonds. The molecule has 0 radical (unpaired) electrons. The van der Waals surface area contributed by atoms with Crippen LogP contribution in [0.5, 0.6) is 0 Å². The van der Waals surface area contributed by atoms with Crippen LogP contribution in [0, 0.1) is 18.8 Å². The lowest BCUT2D eigenvalue weighted by atomic mass is 10.1. The molecule has 0 N–H and O–H groups in total. The summed E-state index contributed by atoms with van der Waals surface area (Å²) < 4.78 is 1.82. The van der Waals surface area contributed by atoms with Gasteiger partial charge in [0.15, 0.2) is 5.78 Å². The quantitative estimate of drug-likeness (QED) is 0.572. The number of benzene rings is 1. The molecule has 4 rings (SSSR count). The highest BCUT2D eigenvalue weighted by atomic mass is 32.1. The number of rotatable bonds is 5. The van der Waals surface area contributed by atoms with Gasteiger partial charge in [-0.25, -0.2) is 4.98 Å². The maximum Gasteiger partial charge on any atom is 0.151 e. The summed E-state index contributed by atoms with van der Waals surface area (Å²) in [5.74, 6) is 6.25. The van der Waals surface area contributed by atoms with Gasteiger partial charge in [-0.3, -0.25) is 9.48 Å². The molecular formula is C24H27N3OS. The van der Waals surface area contributed by atoms with E-state index in [1.54, 1.807) is 18.3 Å². The summed E-state index contributed by atoms with van der Waals surface area (Å²) >= 11 is 1.78. The van der Waals surface area contributed by atoms with Crippen molar-refractivity contribution in [3.63, 3.8) is 0 Å². The number of ketones is 1. The van der Waals surface area contributed by atoms with E-state index in [0.717, 1.165) is 47.6 Å². The number of aryl methyl sites for hydroxylation is 3. The fourth-order valence-corrected chi connectivity index (χ4v) is 4.15. The molecule has 0 aliphatic heterocycles. The molecule has 2 heterocycles. The average molecular weight is 406 g/mol. The third-order valence-corrected chi connectivity index (χ3v) is 5.76. The van der Waals surface area contributed by atoms with Gasteiger partial charge in [0, 0.05) is 22.6 Å². The van der Waals surface area contributed by atoms with Crippen LogP contribution in [0.25, 0.3) is 11.3 Å². The van der Waals surface area contributed by atoms with Crippen LogP contribution in [-0.2, 0) is 37.0 Å². The lowest BCUT2D eigenvalue weighted by Crippen LogP contribution is -2.10. The van der Waals surface area contributed by atoms with Crippen molar-refractivity contribution in [3.05, 3.63) is 57.2 Å². The van der Waals surface area contributed by atoms with Crippen molar-refractivity contribution in [1.29, 1.82) is 0 Å². The van der Waals surface area contributed by atoms with Crippen LogP contribution in [-0.4, -0.2) is 20.5 Å². The largest absolute Gasteiger partial charge is 0.298 e. The third-order valence-electron chi connectivity index (χ3n) is 4.74. The molecule has 0 saturated heterocycles. The van der Waals surface area contributed by atoms with E-state index in [0.29, 0.717) is 6.54 Å². The van der Waals surface area contributed by atoms with Crippen LogP contribution in [0.15, 0.2) is 30.3 Å². The van der Waals surface area contributed by atoms with Crippen molar-refractivity contribution in [2.24, 2.45) is 0 Å². The molecule has 0 saturated carbocycles. The molecule has 0 atom stereocenters. The Morgan fingerprint density at radius 2 is 1.97 bits per heavy atom. The maximum atomic E-state index is 11.3. The first kappa shape index (κ1) is 21.0. The summed E-state index contributed by atoms with van der Waals surface area (Å²) in [7, 11) is 0. The van der Waals surface area contributed by atoms with Crippen molar-refractivity contribution >= 4 is 17.1 Å². The molecule has 1 aliphatic carbocycles. The highest BCUT2D eigenvalue weighted by Crippen LogP contribution is 2.21. The Bertz CT molecular complexity index is 1040. The smallest absolute Gasteiger partial charge is 0.151 e. The van der Waals surface area contributed by atoms with Gasteiger partial charge < -0.3 is 0 Å². The number of carbonyl (C=O) groups excluding carboxylic acids is 1. The van der Waals surface area contributed by atoms with E-state index in [1.165, 1.54) is 16.1 Å². The number of Topliss-reactive ketones (excluding diaryl/α,β-unsaturated/α-hetero) is 1. The van der Waals surface area contributed by atoms with E-state index in [1.807, 2.05) is 11.6 Å². The summed E-state index contributed by atoms with van der Waals surface area (Å²) in [5.41, 5.74) is 5.69. The zero-order valence-corrected chi connectivity index (χ0v) is 18.4. The maximum absolute atomic E-state index is 11.3. The van der Waals surface area contributed by atoms with Crippen molar-refractivity contribution < 1.29 is 4.79 Å². The minimum Gasteiger partial charge on any atom is -0.298 e. The van der Waals surface area contributed by atoms with E-state index in [9.17, 15) is 4.79 Å². The van der Waals surface area contributed by atoms with Gasteiger partial charge in [-0.15, -0.1) is 11.3 Å². The Labute approximate surface area is 177 Å². The fourth-order valence-electron chi connectivity index (χ4n) is 3.26. The summed E-state index contributed by atoms with van der Waals surface area (Å²) in [6, 6.07) is 10.5. The number of aromatic nitrogens is 3. The molecule has 0 bridgehead atoms. The molecule has 3 aromatic rings. The molecule has 5 heteroatoms. The van der Waals surface area contributed by atoms with Crippen molar-refractivity contribution in [3.8, 4) is 23.1 Å². The molecule has 1 aromatic carbocycles. The zero-order chi connectivity index (χ0) is 20.8. The lowest BCUT2D eigenvalue weighted by molar-refractivity contribution is -0.117. The number of thiazole rings is 1. The Morgan fingerprint density at radius 3 is 2.66 bits per heavy atom. The van der Waals surface area contributed by atoms with Gasteiger partial charge in [0.1, 0.15) is 0 Å². The van der Waals surface area contributed by atoms with Gasteiger partial charge in [-0.05, 0) is 44.4 Å². The second-order valence-corrected chi connectivity index (χ2v) is 8.39. The van der Waals surface area contributed by atoms with Crippen molar-refractivity contribution in [1.82, 2.24) is 14.8 Å². The SMILES string of the molecule is CCc1cccc(-c2cc(CC)n(CC(C)=O)n2)c1.Cc1nc2c(s1)CC#CC2. The summed E-state index contributed by atoms with van der Waals surface area (Å²) in [4.78, 5) is 17.0. The zero-order valence-electron chi connectivity index (χ0n) is 17.6. The van der Waals surface area contributed by atoms with Gasteiger partial charge in [-0.2, -0.15) is 5.10 Å². The Kier molecular flexibility index (Phi) is 7.00. The number of hydrogen-bond acceptors (Lipinski definition) is 4. The molecule has 1 aliphatic rings. The normalized spacial score (nSPS) is 11.7. The van der Waals surface area contributed by atoms with Crippen LogP contribution < -0.4 is 0 Å². The number of nitrogens with zero attached hydrogens (tertiary/aromatic N) is 3. The number of hydrogen-bond donors (Lipinski definition) is 0. The molecule has 0 unspecified atom stereocenters. The van der Waals surface area contributed by atoms with Crippen molar-refractivity contribution in [2.75, 3.05) is 0 Å². The van der Waals surface area contributed by atoms with Crippen molar-refractivity contribution in [2.45, 2.75) is 59.9 Å². The van der Waals surface area contributed by atoms with Gasteiger partial charge in [0.05, 0.1) is 29.4 Å². The summed E-state index contributed by atoms with van der Waals surface area (Å²) in [6.07, 6.45) is 3.68.